The van der Waals surface area contributed by atoms with E-state index in [0.29, 0.717) is 6.04 Å². The van der Waals surface area contributed by atoms with Gasteiger partial charge in [0.05, 0.1) is 5.69 Å². The molecule has 0 unspecified atom stereocenters. The van der Waals surface area contributed by atoms with E-state index in [2.05, 4.69) is 58.0 Å². The molecule has 3 aromatic rings. The quantitative estimate of drug-likeness (QED) is 0.735. The molecule has 0 spiro atoms. The number of nitrogens with zero attached hydrogens (tertiary/aromatic N) is 3. The second-order valence-electron chi connectivity index (χ2n) is 5.57. The van der Waals surface area contributed by atoms with Gasteiger partial charge in [0.25, 0.3) is 0 Å². The maximum atomic E-state index is 5.75. The van der Waals surface area contributed by atoms with Crippen LogP contribution < -0.4 is 5.73 Å². The van der Waals surface area contributed by atoms with Gasteiger partial charge in [0.15, 0.2) is 4.96 Å². The van der Waals surface area contributed by atoms with Gasteiger partial charge in [-0.15, -0.1) is 11.3 Å². The van der Waals surface area contributed by atoms with Crippen molar-refractivity contribution in [3.8, 4) is 0 Å². The van der Waals surface area contributed by atoms with E-state index >= 15 is 0 Å². The standard InChI is InChI=1S/C16H20N4S/c1-12(2)20(9-13-3-5-14(17)6-4-13)11-15-10-19-7-8-21-16(19)18-15/h3-8,10,12H,9,11,17H2,1-2H3. The van der Waals surface area contributed by atoms with Crippen molar-refractivity contribution in [2.24, 2.45) is 0 Å². The number of nitrogen functional groups attached to an aromatic ring is 1. The Morgan fingerprint density at radius 2 is 2.00 bits per heavy atom. The zero-order valence-electron chi connectivity index (χ0n) is 12.4. The minimum Gasteiger partial charge on any atom is -0.399 e. The van der Waals surface area contributed by atoms with Crippen LogP contribution in [0.25, 0.3) is 4.96 Å². The summed E-state index contributed by atoms with van der Waals surface area (Å²) in [7, 11) is 0. The van der Waals surface area contributed by atoms with Crippen LogP contribution >= 0.6 is 11.3 Å². The van der Waals surface area contributed by atoms with Crippen LogP contribution in [-0.2, 0) is 13.1 Å². The number of hydrogen-bond donors (Lipinski definition) is 1. The lowest BCUT2D eigenvalue weighted by Crippen LogP contribution is -2.30. The summed E-state index contributed by atoms with van der Waals surface area (Å²) in [4.78, 5) is 8.14. The topological polar surface area (TPSA) is 46.6 Å². The monoisotopic (exact) mass is 300 g/mol. The average molecular weight is 300 g/mol. The van der Waals surface area contributed by atoms with Gasteiger partial charge < -0.3 is 5.73 Å². The van der Waals surface area contributed by atoms with Crippen molar-refractivity contribution in [3.63, 3.8) is 0 Å². The van der Waals surface area contributed by atoms with Crippen LogP contribution in [-0.4, -0.2) is 20.3 Å². The predicted molar refractivity (Wildman–Crippen MR) is 88.3 cm³/mol. The number of thiazole rings is 1. The van der Waals surface area contributed by atoms with E-state index < -0.39 is 0 Å². The molecule has 110 valence electrons. The van der Waals surface area contributed by atoms with Crippen molar-refractivity contribution < 1.29 is 0 Å². The summed E-state index contributed by atoms with van der Waals surface area (Å²) in [6.07, 6.45) is 4.17. The third-order valence-corrected chi connectivity index (χ3v) is 4.37. The molecule has 21 heavy (non-hydrogen) atoms. The minimum atomic E-state index is 0.460. The molecule has 0 saturated heterocycles. The second kappa shape index (κ2) is 5.87. The Hall–Kier alpha value is -1.85. The van der Waals surface area contributed by atoms with Crippen molar-refractivity contribution in [1.29, 1.82) is 0 Å². The van der Waals surface area contributed by atoms with Gasteiger partial charge in [0.2, 0.25) is 0 Å². The lowest BCUT2D eigenvalue weighted by molar-refractivity contribution is 0.201. The number of aromatic nitrogens is 2. The van der Waals surface area contributed by atoms with Gasteiger partial charge in [-0.2, -0.15) is 0 Å². The first kappa shape index (κ1) is 14.1. The zero-order valence-corrected chi connectivity index (χ0v) is 13.2. The fourth-order valence-electron chi connectivity index (χ4n) is 2.34. The molecule has 3 rings (SSSR count). The van der Waals surface area contributed by atoms with E-state index in [-0.39, 0.29) is 0 Å². The summed E-state index contributed by atoms with van der Waals surface area (Å²) in [6.45, 7) is 6.20. The van der Waals surface area contributed by atoms with Gasteiger partial charge in [0.1, 0.15) is 0 Å². The highest BCUT2D eigenvalue weighted by molar-refractivity contribution is 7.15. The molecule has 1 aromatic carbocycles. The zero-order chi connectivity index (χ0) is 14.8. The molecule has 0 radical (unpaired) electrons. The van der Waals surface area contributed by atoms with Crippen molar-refractivity contribution >= 4 is 22.0 Å². The Balaban J connectivity index is 1.75. The first-order chi connectivity index (χ1) is 10.1. The van der Waals surface area contributed by atoms with Crippen LogP contribution in [0.3, 0.4) is 0 Å². The largest absolute Gasteiger partial charge is 0.399 e. The summed E-state index contributed by atoms with van der Waals surface area (Å²) in [5, 5.41) is 2.06. The lowest BCUT2D eigenvalue weighted by Gasteiger charge is -2.25. The van der Waals surface area contributed by atoms with Crippen molar-refractivity contribution in [1.82, 2.24) is 14.3 Å². The van der Waals surface area contributed by atoms with E-state index in [1.165, 1.54) is 5.56 Å². The third-order valence-electron chi connectivity index (χ3n) is 3.60. The van der Waals surface area contributed by atoms with Crippen LogP contribution in [0.1, 0.15) is 25.1 Å². The lowest BCUT2D eigenvalue weighted by atomic mass is 10.1. The van der Waals surface area contributed by atoms with Crippen LogP contribution in [0.5, 0.6) is 0 Å². The Morgan fingerprint density at radius 1 is 1.24 bits per heavy atom. The highest BCUT2D eigenvalue weighted by Gasteiger charge is 2.13. The number of anilines is 1. The Labute approximate surface area is 128 Å². The molecule has 0 fully saturated rings. The van der Waals surface area contributed by atoms with Crippen LogP contribution in [0.2, 0.25) is 0 Å². The van der Waals surface area contributed by atoms with E-state index in [9.17, 15) is 0 Å². The molecule has 4 nitrogen and oxygen atoms in total. The average Bonchev–Trinajstić information content (AvgIpc) is 3.01. The molecule has 5 heteroatoms. The number of imidazole rings is 1. The van der Waals surface area contributed by atoms with Gasteiger partial charge in [-0.25, -0.2) is 4.98 Å². The molecular weight excluding hydrogens is 280 g/mol. The number of fused-ring (bicyclic) bond motifs is 1. The van der Waals surface area contributed by atoms with Crippen molar-refractivity contribution in [2.45, 2.75) is 33.0 Å². The van der Waals surface area contributed by atoms with Gasteiger partial charge >= 0.3 is 0 Å². The fraction of sp³-hybridized carbons (Fsp3) is 0.312. The molecule has 0 atom stereocenters. The molecule has 2 heterocycles. The Morgan fingerprint density at radius 3 is 2.67 bits per heavy atom. The molecule has 0 amide bonds. The molecule has 2 aromatic heterocycles. The molecule has 2 N–H and O–H groups in total. The second-order valence-corrected chi connectivity index (χ2v) is 6.44. The van der Waals surface area contributed by atoms with Crippen LogP contribution in [0, 0.1) is 0 Å². The Bertz CT molecular complexity index is 683. The number of benzene rings is 1. The molecule has 0 aliphatic rings. The maximum Gasteiger partial charge on any atom is 0.193 e. The number of nitrogens with two attached hydrogens (primary N) is 1. The summed E-state index contributed by atoms with van der Waals surface area (Å²) < 4.78 is 2.09. The normalized spacial score (nSPS) is 11.8. The summed E-state index contributed by atoms with van der Waals surface area (Å²) >= 11 is 1.67. The van der Waals surface area contributed by atoms with E-state index in [1.807, 2.05) is 12.1 Å². The minimum absolute atomic E-state index is 0.460. The third kappa shape index (κ3) is 3.25. The van der Waals surface area contributed by atoms with E-state index in [1.54, 1.807) is 11.3 Å². The fourth-order valence-corrected chi connectivity index (χ4v) is 3.06. The first-order valence-corrected chi connectivity index (χ1v) is 7.99. The number of rotatable bonds is 5. The molecule has 0 aliphatic carbocycles. The molecule has 0 aliphatic heterocycles. The van der Waals surface area contributed by atoms with Crippen LogP contribution in [0.15, 0.2) is 42.0 Å². The highest BCUT2D eigenvalue weighted by atomic mass is 32.1. The van der Waals surface area contributed by atoms with Crippen molar-refractivity contribution in [2.75, 3.05) is 5.73 Å². The maximum absolute atomic E-state index is 5.75. The molecular formula is C16H20N4S. The van der Waals surface area contributed by atoms with Gasteiger partial charge in [-0.1, -0.05) is 12.1 Å². The first-order valence-electron chi connectivity index (χ1n) is 7.11. The van der Waals surface area contributed by atoms with E-state index in [4.69, 9.17) is 5.73 Å². The summed E-state index contributed by atoms with van der Waals surface area (Å²) in [5.41, 5.74) is 8.95. The summed E-state index contributed by atoms with van der Waals surface area (Å²) in [6, 6.07) is 8.57. The predicted octanol–water partition coefficient (Wildman–Crippen LogP) is 3.39. The van der Waals surface area contributed by atoms with Gasteiger partial charge in [0, 0.05) is 42.6 Å². The summed E-state index contributed by atoms with van der Waals surface area (Å²) in [5.74, 6) is 0. The van der Waals surface area contributed by atoms with E-state index in [0.717, 1.165) is 29.4 Å². The number of hydrogen-bond acceptors (Lipinski definition) is 4. The smallest absolute Gasteiger partial charge is 0.193 e. The SMILES string of the molecule is CC(C)N(Cc1ccc(N)cc1)Cc1cn2ccsc2n1. The van der Waals surface area contributed by atoms with Gasteiger partial charge in [-0.05, 0) is 31.5 Å². The molecule has 0 saturated carbocycles. The Kier molecular flexibility index (Phi) is 3.94. The van der Waals surface area contributed by atoms with Crippen molar-refractivity contribution in [3.05, 3.63) is 53.3 Å². The highest BCUT2D eigenvalue weighted by Crippen LogP contribution is 2.16. The van der Waals surface area contributed by atoms with Crippen LogP contribution in [0.4, 0.5) is 5.69 Å². The van der Waals surface area contributed by atoms with Gasteiger partial charge in [-0.3, -0.25) is 9.30 Å². The molecule has 0 bridgehead atoms.